The largest absolute Gasteiger partial charge is 0.355 e. The molecule has 2 rings (SSSR count). The predicted octanol–water partition coefficient (Wildman–Crippen LogP) is 1.64. The lowest BCUT2D eigenvalue weighted by atomic mass is 9.96. The molecule has 0 unspecified atom stereocenters. The van der Waals surface area contributed by atoms with Gasteiger partial charge in [-0.2, -0.15) is 4.31 Å². The third kappa shape index (κ3) is 6.04. The quantitative estimate of drug-likeness (QED) is 0.734. The number of rotatable bonds is 7. The van der Waals surface area contributed by atoms with Crippen LogP contribution in [0.25, 0.3) is 0 Å². The summed E-state index contributed by atoms with van der Waals surface area (Å²) in [6.07, 6.45) is 2.00. The van der Waals surface area contributed by atoms with Crippen molar-refractivity contribution < 1.29 is 18.0 Å². The molecule has 1 fully saturated rings. The van der Waals surface area contributed by atoms with Crippen molar-refractivity contribution in [1.29, 1.82) is 0 Å². The molecular weight excluding hydrogens is 366 g/mol. The van der Waals surface area contributed by atoms with E-state index in [1.165, 1.54) is 4.31 Å². The van der Waals surface area contributed by atoms with Gasteiger partial charge >= 0.3 is 0 Å². The monoisotopic (exact) mass is 395 g/mol. The molecule has 1 aromatic rings. The van der Waals surface area contributed by atoms with Crippen LogP contribution in [-0.2, 0) is 26.2 Å². The molecule has 0 atom stereocenters. The van der Waals surface area contributed by atoms with E-state index in [1.807, 2.05) is 20.8 Å². The Morgan fingerprint density at radius 2 is 1.63 bits per heavy atom. The van der Waals surface area contributed by atoms with Gasteiger partial charge in [0.15, 0.2) is 0 Å². The van der Waals surface area contributed by atoms with Crippen LogP contribution in [0.5, 0.6) is 0 Å². The molecule has 0 aliphatic carbocycles. The molecule has 1 aliphatic heterocycles. The van der Waals surface area contributed by atoms with Crippen LogP contribution in [0.4, 0.5) is 0 Å². The second-order valence-corrected chi connectivity index (χ2v) is 9.73. The first-order valence-electron chi connectivity index (χ1n) is 9.25. The Bertz CT molecular complexity index is 761. The number of carbonyl (C=O) groups excluding carboxylic acids is 2. The molecule has 1 aliphatic rings. The topological polar surface area (TPSA) is 95.6 Å². The lowest BCUT2D eigenvalue weighted by molar-refractivity contribution is -0.128. The maximum atomic E-state index is 12.5. The zero-order valence-corrected chi connectivity index (χ0v) is 17.1. The van der Waals surface area contributed by atoms with E-state index in [0.29, 0.717) is 19.6 Å². The van der Waals surface area contributed by atoms with Crippen LogP contribution < -0.4 is 10.6 Å². The fourth-order valence-corrected chi connectivity index (χ4v) is 4.22. The molecule has 1 aromatic carbocycles. The maximum absolute atomic E-state index is 12.5. The summed E-state index contributed by atoms with van der Waals surface area (Å²) in [7, 11) is -3.41. The molecule has 2 N–H and O–H groups in total. The summed E-state index contributed by atoms with van der Waals surface area (Å²) < 4.78 is 26.5. The highest BCUT2D eigenvalue weighted by Crippen LogP contribution is 2.21. The van der Waals surface area contributed by atoms with Crippen LogP contribution in [0.3, 0.4) is 0 Å². The van der Waals surface area contributed by atoms with Crippen molar-refractivity contribution in [2.45, 2.75) is 51.5 Å². The van der Waals surface area contributed by atoms with E-state index in [-0.39, 0.29) is 29.7 Å². The average molecular weight is 396 g/mol. The van der Waals surface area contributed by atoms with Gasteiger partial charge in [-0.25, -0.2) is 8.42 Å². The number of carbonyl (C=O) groups is 2. The van der Waals surface area contributed by atoms with Crippen molar-refractivity contribution >= 4 is 21.8 Å². The molecular formula is C19H29N3O4S. The van der Waals surface area contributed by atoms with Crippen molar-refractivity contribution in [1.82, 2.24) is 14.9 Å². The van der Waals surface area contributed by atoms with Crippen LogP contribution in [0.2, 0.25) is 0 Å². The fraction of sp³-hybridized carbons (Fsp3) is 0.579. The first-order valence-corrected chi connectivity index (χ1v) is 10.7. The third-order valence-corrected chi connectivity index (χ3v) is 6.35. The highest BCUT2D eigenvalue weighted by atomic mass is 32.2. The second-order valence-electron chi connectivity index (χ2n) is 7.79. The van der Waals surface area contributed by atoms with E-state index >= 15 is 0 Å². The van der Waals surface area contributed by atoms with Crippen molar-refractivity contribution in [3.05, 3.63) is 29.8 Å². The average Bonchev–Trinajstić information content (AvgIpc) is 3.15. The number of nitrogens with zero attached hydrogens (tertiary/aromatic N) is 1. The number of hydrogen-bond acceptors (Lipinski definition) is 4. The summed E-state index contributed by atoms with van der Waals surface area (Å²) in [6, 6.07) is 6.59. The fourth-order valence-electron chi connectivity index (χ4n) is 2.70. The lowest BCUT2D eigenvalue weighted by Gasteiger charge is -2.17. The van der Waals surface area contributed by atoms with Gasteiger partial charge in [0.1, 0.15) is 0 Å². The molecule has 27 heavy (non-hydrogen) atoms. The van der Waals surface area contributed by atoms with E-state index in [0.717, 1.165) is 18.4 Å². The molecule has 1 heterocycles. The summed E-state index contributed by atoms with van der Waals surface area (Å²) in [5, 5.41) is 5.51. The van der Waals surface area contributed by atoms with Gasteiger partial charge in [-0.3, -0.25) is 9.59 Å². The number of sulfonamides is 1. The van der Waals surface area contributed by atoms with E-state index < -0.39 is 15.4 Å². The van der Waals surface area contributed by atoms with Crippen LogP contribution in [0.1, 0.15) is 45.6 Å². The van der Waals surface area contributed by atoms with Crippen molar-refractivity contribution in [2.75, 3.05) is 19.6 Å². The van der Waals surface area contributed by atoms with E-state index in [1.54, 1.807) is 24.3 Å². The Hall–Kier alpha value is -1.93. The number of amides is 2. The molecule has 7 nitrogen and oxygen atoms in total. The summed E-state index contributed by atoms with van der Waals surface area (Å²) in [5.41, 5.74) is 0.343. The minimum absolute atomic E-state index is 0.0925. The number of hydrogen-bond donors (Lipinski definition) is 2. The highest BCUT2D eigenvalue weighted by molar-refractivity contribution is 7.89. The molecule has 0 saturated carbocycles. The van der Waals surface area contributed by atoms with Crippen LogP contribution in [-0.4, -0.2) is 44.2 Å². The van der Waals surface area contributed by atoms with Crippen LogP contribution in [0, 0.1) is 5.41 Å². The Balaban J connectivity index is 1.79. The van der Waals surface area contributed by atoms with Gasteiger partial charge in [-0.05, 0) is 30.5 Å². The van der Waals surface area contributed by atoms with Crippen LogP contribution >= 0.6 is 0 Å². The summed E-state index contributed by atoms with van der Waals surface area (Å²) in [4.78, 5) is 23.9. The summed E-state index contributed by atoms with van der Waals surface area (Å²) in [5.74, 6) is -0.261. The smallest absolute Gasteiger partial charge is 0.243 e. The van der Waals surface area contributed by atoms with Gasteiger partial charge in [0.25, 0.3) is 0 Å². The molecule has 0 spiro atoms. The summed E-state index contributed by atoms with van der Waals surface area (Å²) in [6.45, 7) is 7.20. The van der Waals surface area contributed by atoms with Gasteiger partial charge in [0.05, 0.1) is 4.90 Å². The van der Waals surface area contributed by atoms with Crippen LogP contribution in [0.15, 0.2) is 29.2 Å². The maximum Gasteiger partial charge on any atom is 0.243 e. The van der Waals surface area contributed by atoms with E-state index in [4.69, 9.17) is 0 Å². The molecule has 1 saturated heterocycles. The summed E-state index contributed by atoms with van der Waals surface area (Å²) >= 11 is 0. The number of nitrogens with one attached hydrogen (secondary N) is 2. The first kappa shape index (κ1) is 21.4. The minimum atomic E-state index is -3.41. The van der Waals surface area contributed by atoms with Crippen molar-refractivity contribution in [3.63, 3.8) is 0 Å². The second kappa shape index (κ2) is 8.84. The predicted molar refractivity (Wildman–Crippen MR) is 103 cm³/mol. The molecule has 8 heteroatoms. The standard InChI is InChI=1S/C19H29N3O4S/c1-19(2,3)18(24)20-11-10-17(23)21-14-15-6-8-16(9-7-15)27(25,26)22-12-4-5-13-22/h6-9H,4-5,10-14H2,1-3H3,(H,20,24)(H,21,23). The third-order valence-electron chi connectivity index (χ3n) is 4.43. The van der Waals surface area contributed by atoms with Gasteiger partial charge < -0.3 is 10.6 Å². The minimum Gasteiger partial charge on any atom is -0.355 e. The zero-order chi connectivity index (χ0) is 20.1. The Labute approximate surface area is 161 Å². The molecule has 0 aromatic heterocycles. The Kier molecular flexibility index (Phi) is 7.00. The molecule has 150 valence electrons. The van der Waals surface area contributed by atoms with Gasteiger partial charge in [-0.1, -0.05) is 32.9 Å². The van der Waals surface area contributed by atoms with Crippen molar-refractivity contribution in [3.8, 4) is 0 Å². The first-order chi connectivity index (χ1) is 12.6. The van der Waals surface area contributed by atoms with Crippen molar-refractivity contribution in [2.24, 2.45) is 5.41 Å². The van der Waals surface area contributed by atoms with E-state index in [9.17, 15) is 18.0 Å². The Morgan fingerprint density at radius 3 is 2.19 bits per heavy atom. The SMILES string of the molecule is CC(C)(C)C(=O)NCCC(=O)NCc1ccc(S(=O)(=O)N2CCCC2)cc1. The lowest BCUT2D eigenvalue weighted by Crippen LogP contribution is -2.37. The molecule has 0 bridgehead atoms. The van der Waals surface area contributed by atoms with E-state index in [2.05, 4.69) is 10.6 Å². The highest BCUT2D eigenvalue weighted by Gasteiger charge is 2.26. The Morgan fingerprint density at radius 1 is 1.04 bits per heavy atom. The molecule has 2 amide bonds. The van der Waals surface area contributed by atoms with Gasteiger partial charge in [0.2, 0.25) is 21.8 Å². The number of benzene rings is 1. The van der Waals surface area contributed by atoms with Gasteiger partial charge in [-0.15, -0.1) is 0 Å². The molecule has 0 radical (unpaired) electrons. The van der Waals surface area contributed by atoms with Gasteiger partial charge in [0, 0.05) is 38.0 Å². The normalized spacial score (nSPS) is 15.5. The zero-order valence-electron chi connectivity index (χ0n) is 16.2.